The molecule has 0 saturated carbocycles. The molecule has 1 N–H and O–H groups in total. The lowest BCUT2D eigenvalue weighted by Gasteiger charge is -2.21. The van der Waals surface area contributed by atoms with Gasteiger partial charge in [-0.05, 0) is 30.2 Å². The van der Waals surface area contributed by atoms with Gasteiger partial charge in [-0.15, -0.1) is 10.2 Å². The quantitative estimate of drug-likeness (QED) is 0.691. The van der Waals surface area contributed by atoms with Crippen LogP contribution < -0.4 is 5.32 Å². The number of aromatic nitrogens is 2. The van der Waals surface area contributed by atoms with Gasteiger partial charge in [0.2, 0.25) is 12.3 Å². The van der Waals surface area contributed by atoms with Gasteiger partial charge in [-0.2, -0.15) is 0 Å². The predicted octanol–water partition coefficient (Wildman–Crippen LogP) is 1.60. The molecule has 0 spiro atoms. The van der Waals surface area contributed by atoms with Gasteiger partial charge in [-0.3, -0.25) is 4.79 Å². The van der Waals surface area contributed by atoms with Crippen LogP contribution in [-0.4, -0.2) is 47.8 Å². The van der Waals surface area contributed by atoms with Crippen molar-refractivity contribution in [2.45, 2.75) is 26.3 Å². The number of ether oxygens (including phenoxy) is 2. The molecule has 1 heterocycles. The monoisotopic (exact) mass is 375 g/mol. The molecule has 2 rings (SSSR count). The van der Waals surface area contributed by atoms with Crippen LogP contribution >= 0.6 is 0 Å². The zero-order valence-corrected chi connectivity index (χ0v) is 15.3. The van der Waals surface area contributed by atoms with Gasteiger partial charge in [0.15, 0.2) is 6.61 Å². The van der Waals surface area contributed by atoms with Crippen LogP contribution in [0.5, 0.6) is 0 Å². The van der Waals surface area contributed by atoms with Crippen LogP contribution in [0.15, 0.2) is 35.1 Å². The SMILES string of the molecule is CC[C@@H](C)[C@@H](NC(=O)COC(=O)c1ccc(-c2nnco2)cc1)C(=O)OC. The molecular formula is C18H21N3O6. The topological polar surface area (TPSA) is 121 Å². The Morgan fingerprint density at radius 3 is 2.48 bits per heavy atom. The Kier molecular flexibility index (Phi) is 7.04. The van der Waals surface area contributed by atoms with E-state index in [1.54, 1.807) is 12.1 Å². The second-order valence-electron chi connectivity index (χ2n) is 5.85. The molecular weight excluding hydrogens is 354 g/mol. The molecule has 0 saturated heterocycles. The molecule has 1 aromatic carbocycles. The van der Waals surface area contributed by atoms with Crippen molar-refractivity contribution in [1.82, 2.24) is 15.5 Å². The van der Waals surface area contributed by atoms with Crippen molar-refractivity contribution in [1.29, 1.82) is 0 Å². The first-order valence-electron chi connectivity index (χ1n) is 8.37. The molecule has 27 heavy (non-hydrogen) atoms. The maximum atomic E-state index is 12.1. The summed E-state index contributed by atoms with van der Waals surface area (Å²) in [4.78, 5) is 35.9. The van der Waals surface area contributed by atoms with Gasteiger partial charge in [-0.25, -0.2) is 9.59 Å². The van der Waals surface area contributed by atoms with Gasteiger partial charge < -0.3 is 19.2 Å². The predicted molar refractivity (Wildman–Crippen MR) is 93.4 cm³/mol. The fraction of sp³-hybridized carbons (Fsp3) is 0.389. The summed E-state index contributed by atoms with van der Waals surface area (Å²) in [5.74, 6) is -1.58. The first-order valence-corrected chi connectivity index (χ1v) is 8.37. The third-order valence-corrected chi connectivity index (χ3v) is 4.05. The van der Waals surface area contributed by atoms with E-state index in [0.717, 1.165) is 0 Å². The van der Waals surface area contributed by atoms with E-state index in [1.165, 1.54) is 25.6 Å². The van der Waals surface area contributed by atoms with E-state index < -0.39 is 30.5 Å². The van der Waals surface area contributed by atoms with Crippen molar-refractivity contribution in [3.05, 3.63) is 36.2 Å². The van der Waals surface area contributed by atoms with Gasteiger partial charge >= 0.3 is 11.9 Å². The summed E-state index contributed by atoms with van der Waals surface area (Å²) in [6.45, 7) is 3.21. The number of nitrogens with one attached hydrogen (secondary N) is 1. The van der Waals surface area contributed by atoms with E-state index in [0.29, 0.717) is 17.9 Å². The lowest BCUT2D eigenvalue weighted by molar-refractivity contribution is -0.147. The van der Waals surface area contributed by atoms with Crippen LogP contribution in [-0.2, 0) is 19.1 Å². The number of methoxy groups -OCH3 is 1. The molecule has 0 unspecified atom stereocenters. The molecule has 144 valence electrons. The van der Waals surface area contributed by atoms with Crippen molar-refractivity contribution in [2.75, 3.05) is 13.7 Å². The highest BCUT2D eigenvalue weighted by Crippen LogP contribution is 2.17. The Morgan fingerprint density at radius 2 is 1.93 bits per heavy atom. The lowest BCUT2D eigenvalue weighted by Crippen LogP contribution is -2.47. The summed E-state index contributed by atoms with van der Waals surface area (Å²) >= 11 is 0. The summed E-state index contributed by atoms with van der Waals surface area (Å²) in [5, 5.41) is 9.88. The minimum atomic E-state index is -0.792. The molecule has 1 amide bonds. The molecule has 0 aliphatic carbocycles. The number of esters is 2. The molecule has 0 fully saturated rings. The number of hydrogen-bond acceptors (Lipinski definition) is 8. The van der Waals surface area contributed by atoms with Gasteiger partial charge in [-0.1, -0.05) is 20.3 Å². The van der Waals surface area contributed by atoms with Gasteiger partial charge in [0.25, 0.3) is 5.91 Å². The number of hydrogen-bond donors (Lipinski definition) is 1. The van der Waals surface area contributed by atoms with E-state index >= 15 is 0 Å². The fourth-order valence-electron chi connectivity index (χ4n) is 2.27. The Morgan fingerprint density at radius 1 is 1.22 bits per heavy atom. The van der Waals surface area contributed by atoms with E-state index in [4.69, 9.17) is 13.9 Å². The summed E-state index contributed by atoms with van der Waals surface area (Å²) in [6, 6.07) is 5.51. The fourth-order valence-corrected chi connectivity index (χ4v) is 2.27. The highest BCUT2D eigenvalue weighted by molar-refractivity contribution is 5.92. The second kappa shape index (κ2) is 9.46. The van der Waals surface area contributed by atoms with E-state index in [-0.39, 0.29) is 11.5 Å². The summed E-state index contributed by atoms with van der Waals surface area (Å²) in [7, 11) is 1.25. The van der Waals surface area contributed by atoms with Gasteiger partial charge in [0.1, 0.15) is 6.04 Å². The minimum absolute atomic E-state index is 0.116. The number of benzene rings is 1. The first-order chi connectivity index (χ1) is 13.0. The van der Waals surface area contributed by atoms with Crippen LogP contribution in [0.1, 0.15) is 30.6 Å². The van der Waals surface area contributed by atoms with E-state index in [1.807, 2.05) is 13.8 Å². The third-order valence-electron chi connectivity index (χ3n) is 4.05. The Balaban J connectivity index is 1.90. The van der Waals surface area contributed by atoms with Crippen molar-refractivity contribution < 1.29 is 28.3 Å². The zero-order valence-electron chi connectivity index (χ0n) is 15.3. The largest absolute Gasteiger partial charge is 0.467 e. The smallest absolute Gasteiger partial charge is 0.338 e. The number of nitrogens with zero attached hydrogens (tertiary/aromatic N) is 2. The standard InChI is InChI=1S/C18H21N3O6/c1-4-11(2)15(18(24)25-3)20-14(22)9-26-17(23)13-7-5-12(6-8-13)16-21-19-10-27-16/h5-8,10-11,15H,4,9H2,1-3H3,(H,20,22)/t11-,15-/m1/s1. The van der Waals surface area contributed by atoms with Crippen molar-refractivity contribution in [3.8, 4) is 11.5 Å². The van der Waals surface area contributed by atoms with Crippen LogP contribution in [0.4, 0.5) is 0 Å². The lowest BCUT2D eigenvalue weighted by atomic mass is 9.99. The average Bonchev–Trinajstić information content (AvgIpc) is 3.24. The van der Waals surface area contributed by atoms with Crippen molar-refractivity contribution in [2.24, 2.45) is 5.92 Å². The van der Waals surface area contributed by atoms with Crippen LogP contribution in [0.2, 0.25) is 0 Å². The summed E-state index contributed by atoms with van der Waals surface area (Å²) < 4.78 is 14.8. The molecule has 0 aliphatic heterocycles. The Labute approximate surface area is 156 Å². The van der Waals surface area contributed by atoms with E-state index in [9.17, 15) is 14.4 Å². The van der Waals surface area contributed by atoms with Gasteiger partial charge in [0.05, 0.1) is 12.7 Å². The Hall–Kier alpha value is -3.23. The number of amides is 1. The molecule has 9 heteroatoms. The molecule has 0 radical (unpaired) electrons. The summed E-state index contributed by atoms with van der Waals surface area (Å²) in [6.07, 6.45) is 1.88. The third kappa shape index (κ3) is 5.37. The second-order valence-corrected chi connectivity index (χ2v) is 5.85. The minimum Gasteiger partial charge on any atom is -0.467 e. The zero-order chi connectivity index (χ0) is 19.8. The van der Waals surface area contributed by atoms with Crippen LogP contribution in [0.25, 0.3) is 11.5 Å². The van der Waals surface area contributed by atoms with E-state index in [2.05, 4.69) is 15.5 Å². The average molecular weight is 375 g/mol. The van der Waals surface area contributed by atoms with Crippen molar-refractivity contribution in [3.63, 3.8) is 0 Å². The maximum Gasteiger partial charge on any atom is 0.338 e. The number of rotatable bonds is 8. The molecule has 9 nitrogen and oxygen atoms in total. The molecule has 2 atom stereocenters. The first kappa shape index (κ1) is 20.1. The van der Waals surface area contributed by atoms with Crippen LogP contribution in [0.3, 0.4) is 0 Å². The highest BCUT2D eigenvalue weighted by Gasteiger charge is 2.27. The Bertz CT molecular complexity index is 773. The molecule has 0 aliphatic rings. The number of carbonyl (C=O) groups excluding carboxylic acids is 3. The van der Waals surface area contributed by atoms with Gasteiger partial charge in [0, 0.05) is 5.56 Å². The van der Waals surface area contributed by atoms with Crippen LogP contribution in [0, 0.1) is 5.92 Å². The molecule has 1 aromatic heterocycles. The maximum absolute atomic E-state index is 12.1. The summed E-state index contributed by atoms with van der Waals surface area (Å²) in [5.41, 5.74) is 0.911. The molecule has 2 aromatic rings. The van der Waals surface area contributed by atoms with Crippen molar-refractivity contribution >= 4 is 17.8 Å². The number of carbonyl (C=O) groups is 3. The normalized spacial score (nSPS) is 12.7. The highest BCUT2D eigenvalue weighted by atomic mass is 16.5. The molecule has 0 bridgehead atoms.